The van der Waals surface area contributed by atoms with Gasteiger partial charge in [-0.05, 0) is 5.92 Å². The number of nitrogens with zero attached hydrogens (tertiary/aromatic N) is 2. The van der Waals surface area contributed by atoms with Gasteiger partial charge in [-0.2, -0.15) is 0 Å². The molecule has 0 radical (unpaired) electrons. The van der Waals surface area contributed by atoms with E-state index >= 15 is 0 Å². The lowest BCUT2D eigenvalue weighted by Gasteiger charge is -2.22. The van der Waals surface area contributed by atoms with Gasteiger partial charge in [-0.25, -0.2) is 4.98 Å². The number of Topliss-reactive ketones (excluding diaryl/α,β-unsaturated/α-hetero) is 1. The first-order valence-corrected chi connectivity index (χ1v) is 8.67. The van der Waals surface area contributed by atoms with E-state index in [1.807, 2.05) is 13.8 Å². The molecular formula is C16H23N3O3S. The molecule has 23 heavy (non-hydrogen) atoms. The van der Waals surface area contributed by atoms with Gasteiger partial charge in [0.05, 0.1) is 16.5 Å². The van der Waals surface area contributed by atoms with Gasteiger partial charge in [0.1, 0.15) is 0 Å². The Bertz CT molecular complexity index is 624. The number of carbonyl (C=O) groups excluding carboxylic acids is 3. The van der Waals surface area contributed by atoms with Crippen LogP contribution in [-0.4, -0.2) is 41.6 Å². The lowest BCUT2D eigenvalue weighted by molar-refractivity contribution is -0.133. The van der Waals surface area contributed by atoms with Gasteiger partial charge in [-0.3, -0.25) is 14.4 Å². The van der Waals surface area contributed by atoms with Crippen LogP contribution in [0.5, 0.6) is 0 Å². The molecule has 0 bridgehead atoms. The third-order valence-corrected chi connectivity index (χ3v) is 5.14. The molecule has 126 valence electrons. The third-order valence-electron chi connectivity index (χ3n) is 4.09. The topological polar surface area (TPSA) is 79.4 Å². The van der Waals surface area contributed by atoms with Gasteiger partial charge >= 0.3 is 0 Å². The number of thiazole rings is 1. The Labute approximate surface area is 140 Å². The molecule has 1 aliphatic rings. The number of anilines is 1. The molecule has 6 nitrogen and oxygen atoms in total. The van der Waals surface area contributed by atoms with Crippen molar-refractivity contribution in [3.8, 4) is 0 Å². The van der Waals surface area contributed by atoms with Crippen LogP contribution in [0.3, 0.4) is 0 Å². The summed E-state index contributed by atoms with van der Waals surface area (Å²) in [4.78, 5) is 42.7. The molecule has 2 atom stereocenters. The minimum Gasteiger partial charge on any atom is -0.349 e. The number of nitrogens with one attached hydrogen (secondary N) is 1. The Morgan fingerprint density at radius 1 is 1.39 bits per heavy atom. The Kier molecular flexibility index (Phi) is 5.51. The fourth-order valence-corrected chi connectivity index (χ4v) is 3.51. The van der Waals surface area contributed by atoms with E-state index in [4.69, 9.17) is 0 Å². The fraction of sp³-hybridized carbons (Fsp3) is 0.625. The Hall–Kier alpha value is -1.76. The van der Waals surface area contributed by atoms with Crippen molar-refractivity contribution in [2.75, 3.05) is 19.4 Å². The monoisotopic (exact) mass is 337 g/mol. The molecule has 1 aromatic rings. The first-order valence-electron chi connectivity index (χ1n) is 7.85. The summed E-state index contributed by atoms with van der Waals surface area (Å²) in [5, 5.41) is 3.23. The number of amides is 2. The van der Waals surface area contributed by atoms with Crippen molar-refractivity contribution in [1.82, 2.24) is 9.88 Å². The molecule has 0 fully saturated rings. The van der Waals surface area contributed by atoms with Crippen molar-refractivity contribution in [3.05, 3.63) is 10.6 Å². The summed E-state index contributed by atoms with van der Waals surface area (Å²) in [5.74, 6) is -0.242. The Morgan fingerprint density at radius 3 is 2.70 bits per heavy atom. The second-order valence-corrected chi connectivity index (χ2v) is 7.32. The van der Waals surface area contributed by atoms with Gasteiger partial charge in [0, 0.05) is 33.4 Å². The number of hydrogen-bond acceptors (Lipinski definition) is 5. The van der Waals surface area contributed by atoms with E-state index < -0.39 is 0 Å². The first kappa shape index (κ1) is 17.6. The summed E-state index contributed by atoms with van der Waals surface area (Å²) in [6.07, 6.45) is 2.05. The second-order valence-electron chi connectivity index (χ2n) is 6.32. The summed E-state index contributed by atoms with van der Waals surface area (Å²) in [6, 6.07) is 0. The highest BCUT2D eigenvalue weighted by Crippen LogP contribution is 2.33. The average Bonchev–Trinajstić information content (AvgIpc) is 2.88. The van der Waals surface area contributed by atoms with Gasteiger partial charge in [0.2, 0.25) is 11.8 Å². The number of aromatic nitrogens is 1. The first-order chi connectivity index (χ1) is 10.8. The van der Waals surface area contributed by atoms with Crippen molar-refractivity contribution in [2.45, 2.75) is 39.5 Å². The molecule has 0 saturated carbocycles. The highest BCUT2D eigenvalue weighted by Gasteiger charge is 2.33. The normalized spacial score (nSPS) is 18.3. The lowest BCUT2D eigenvalue weighted by Crippen LogP contribution is -2.34. The fourth-order valence-electron chi connectivity index (χ4n) is 2.55. The van der Waals surface area contributed by atoms with Gasteiger partial charge in [-0.1, -0.05) is 31.6 Å². The predicted molar refractivity (Wildman–Crippen MR) is 89.7 cm³/mol. The van der Waals surface area contributed by atoms with Crippen molar-refractivity contribution >= 4 is 34.1 Å². The smallest absolute Gasteiger partial charge is 0.226 e. The van der Waals surface area contributed by atoms with E-state index in [1.165, 1.54) is 16.2 Å². The molecule has 2 amide bonds. The maximum absolute atomic E-state index is 12.2. The van der Waals surface area contributed by atoms with Crippen LogP contribution in [0.4, 0.5) is 5.13 Å². The molecule has 0 unspecified atom stereocenters. The number of rotatable bonds is 5. The van der Waals surface area contributed by atoms with Gasteiger partial charge < -0.3 is 10.2 Å². The molecule has 0 aliphatic heterocycles. The van der Waals surface area contributed by atoms with Gasteiger partial charge in [0.25, 0.3) is 0 Å². The average molecular weight is 337 g/mol. The summed E-state index contributed by atoms with van der Waals surface area (Å²) in [5.41, 5.74) is 0.630. The van der Waals surface area contributed by atoms with E-state index in [0.717, 1.165) is 6.42 Å². The van der Waals surface area contributed by atoms with Gasteiger partial charge in [-0.15, -0.1) is 0 Å². The number of hydrogen-bond donors (Lipinski definition) is 1. The van der Waals surface area contributed by atoms with Crippen LogP contribution in [0, 0.1) is 11.8 Å². The number of carbonyl (C=O) groups is 3. The van der Waals surface area contributed by atoms with E-state index in [0.29, 0.717) is 34.5 Å². The van der Waals surface area contributed by atoms with Crippen LogP contribution < -0.4 is 5.32 Å². The van der Waals surface area contributed by atoms with Gasteiger partial charge in [0.15, 0.2) is 10.9 Å². The predicted octanol–water partition coefficient (Wildman–Crippen LogP) is 2.35. The minimum absolute atomic E-state index is 0.0562. The molecule has 2 rings (SSSR count). The largest absolute Gasteiger partial charge is 0.349 e. The molecule has 0 spiro atoms. The molecule has 0 aromatic carbocycles. The SMILES string of the molecule is CC[C@@H](C)CC(=O)Nc1nc2c(s1)C(=O)C[C@@H](C(=O)N(C)C)C2. The van der Waals surface area contributed by atoms with Crippen LogP contribution in [0.2, 0.25) is 0 Å². The highest BCUT2D eigenvalue weighted by molar-refractivity contribution is 7.17. The molecule has 1 aromatic heterocycles. The Morgan fingerprint density at radius 2 is 2.09 bits per heavy atom. The maximum Gasteiger partial charge on any atom is 0.226 e. The lowest BCUT2D eigenvalue weighted by atomic mass is 9.89. The summed E-state index contributed by atoms with van der Waals surface area (Å²) in [6.45, 7) is 4.06. The van der Waals surface area contributed by atoms with Crippen molar-refractivity contribution in [3.63, 3.8) is 0 Å². The molecular weight excluding hydrogens is 314 g/mol. The Balaban J connectivity index is 2.09. The van der Waals surface area contributed by atoms with Crippen LogP contribution in [-0.2, 0) is 16.0 Å². The van der Waals surface area contributed by atoms with Crippen LogP contribution in [0.25, 0.3) is 0 Å². The number of ketones is 1. The van der Waals surface area contributed by atoms with E-state index in [2.05, 4.69) is 10.3 Å². The minimum atomic E-state index is -0.351. The summed E-state index contributed by atoms with van der Waals surface area (Å²) in [7, 11) is 3.37. The molecule has 1 N–H and O–H groups in total. The third kappa shape index (κ3) is 4.16. The van der Waals surface area contributed by atoms with E-state index in [1.54, 1.807) is 14.1 Å². The summed E-state index contributed by atoms with van der Waals surface area (Å²) >= 11 is 1.21. The molecule has 7 heteroatoms. The quantitative estimate of drug-likeness (QED) is 0.894. The van der Waals surface area contributed by atoms with Crippen LogP contribution >= 0.6 is 11.3 Å². The standard InChI is InChI=1S/C16H23N3O3S/c1-5-9(2)6-13(21)18-16-17-11-7-10(15(22)19(3)4)8-12(20)14(11)23-16/h9-10H,5-8H2,1-4H3,(H,17,18,21)/t9-,10+/m1/s1. The van der Waals surface area contributed by atoms with Crippen LogP contribution in [0.1, 0.15) is 48.5 Å². The molecule has 0 saturated heterocycles. The summed E-state index contributed by atoms with van der Waals surface area (Å²) < 4.78 is 0. The second kappa shape index (κ2) is 7.21. The number of fused-ring (bicyclic) bond motifs is 1. The maximum atomic E-state index is 12.2. The van der Waals surface area contributed by atoms with Crippen LogP contribution in [0.15, 0.2) is 0 Å². The zero-order chi connectivity index (χ0) is 17.1. The van der Waals surface area contributed by atoms with Crippen molar-refractivity contribution in [2.24, 2.45) is 11.8 Å². The van der Waals surface area contributed by atoms with E-state index in [-0.39, 0.29) is 29.9 Å². The zero-order valence-electron chi connectivity index (χ0n) is 14.0. The molecule has 1 heterocycles. The van der Waals surface area contributed by atoms with Crippen molar-refractivity contribution < 1.29 is 14.4 Å². The molecule has 1 aliphatic carbocycles. The highest BCUT2D eigenvalue weighted by atomic mass is 32.1. The van der Waals surface area contributed by atoms with Crippen molar-refractivity contribution in [1.29, 1.82) is 0 Å². The van der Waals surface area contributed by atoms with E-state index in [9.17, 15) is 14.4 Å². The zero-order valence-corrected chi connectivity index (χ0v) is 14.8.